The number of nitrogens with zero attached hydrogens (tertiary/aromatic N) is 3. The summed E-state index contributed by atoms with van der Waals surface area (Å²) in [5, 5.41) is 0. The summed E-state index contributed by atoms with van der Waals surface area (Å²) in [5.74, 6) is 0.996. The van der Waals surface area contributed by atoms with E-state index in [1.165, 1.54) is 37.1 Å². The molecular formula is C28H46ClN3O2. The molecule has 3 aliphatic rings. The van der Waals surface area contributed by atoms with Crippen molar-refractivity contribution < 1.29 is 9.53 Å². The highest BCUT2D eigenvalue weighted by atomic mass is 35.5. The highest BCUT2D eigenvalue weighted by Gasteiger charge is 2.31. The minimum absolute atomic E-state index is 0. The Bertz CT molecular complexity index is 802. The van der Waals surface area contributed by atoms with Gasteiger partial charge in [-0.25, -0.2) is 0 Å². The van der Waals surface area contributed by atoms with Crippen LogP contribution in [-0.2, 0) is 9.53 Å². The summed E-state index contributed by atoms with van der Waals surface area (Å²) in [7, 11) is 0. The van der Waals surface area contributed by atoms with Crippen LogP contribution in [0.4, 0.5) is 11.4 Å². The zero-order chi connectivity index (χ0) is 23.6. The van der Waals surface area contributed by atoms with Gasteiger partial charge in [0, 0.05) is 57.1 Å². The van der Waals surface area contributed by atoms with E-state index in [0.29, 0.717) is 30.1 Å². The van der Waals surface area contributed by atoms with Gasteiger partial charge in [-0.1, -0.05) is 20.8 Å². The summed E-state index contributed by atoms with van der Waals surface area (Å²) in [6, 6.07) is 7.24. The summed E-state index contributed by atoms with van der Waals surface area (Å²) < 4.78 is 5.99. The van der Waals surface area contributed by atoms with Gasteiger partial charge in [-0.05, 0) is 74.6 Å². The Hall–Kier alpha value is -1.30. The molecule has 2 saturated heterocycles. The molecule has 0 aromatic heterocycles. The number of hydrogen-bond acceptors (Lipinski definition) is 5. The summed E-state index contributed by atoms with van der Waals surface area (Å²) in [4.78, 5) is 19.3. The van der Waals surface area contributed by atoms with Crippen LogP contribution in [0.15, 0.2) is 18.2 Å². The first-order chi connectivity index (χ1) is 15.7. The lowest BCUT2D eigenvalue weighted by molar-refractivity contribution is -0.119. The average Bonchev–Trinajstić information content (AvgIpc) is 2.78. The molecule has 34 heavy (non-hydrogen) atoms. The van der Waals surface area contributed by atoms with Crippen molar-refractivity contribution in [2.45, 2.75) is 84.8 Å². The lowest BCUT2D eigenvalue weighted by atomic mass is 9.71. The van der Waals surface area contributed by atoms with Crippen LogP contribution in [0, 0.1) is 5.41 Å². The van der Waals surface area contributed by atoms with E-state index in [0.717, 1.165) is 39.3 Å². The Morgan fingerprint density at radius 3 is 2.21 bits per heavy atom. The Morgan fingerprint density at radius 1 is 1.00 bits per heavy atom. The minimum Gasteiger partial charge on any atom is -0.372 e. The van der Waals surface area contributed by atoms with Crippen molar-refractivity contribution >= 4 is 29.6 Å². The maximum absolute atomic E-state index is 11.9. The van der Waals surface area contributed by atoms with Gasteiger partial charge in [0.2, 0.25) is 0 Å². The van der Waals surface area contributed by atoms with E-state index in [1.807, 2.05) is 6.92 Å². The number of rotatable bonds is 6. The molecule has 2 unspecified atom stereocenters. The molecule has 4 rings (SSSR count). The third-order valence-corrected chi connectivity index (χ3v) is 8.08. The highest BCUT2D eigenvalue weighted by Crippen LogP contribution is 2.45. The number of halogens is 1. The van der Waals surface area contributed by atoms with Crippen molar-refractivity contribution in [3.63, 3.8) is 0 Å². The van der Waals surface area contributed by atoms with Crippen LogP contribution >= 0.6 is 12.4 Å². The van der Waals surface area contributed by atoms with Crippen molar-refractivity contribution in [1.29, 1.82) is 0 Å². The van der Waals surface area contributed by atoms with Gasteiger partial charge >= 0.3 is 0 Å². The molecule has 2 aliphatic heterocycles. The zero-order valence-electron chi connectivity index (χ0n) is 22.0. The van der Waals surface area contributed by atoms with E-state index in [-0.39, 0.29) is 24.6 Å². The van der Waals surface area contributed by atoms with Gasteiger partial charge in [-0.2, -0.15) is 0 Å². The fourth-order valence-corrected chi connectivity index (χ4v) is 5.96. The van der Waals surface area contributed by atoms with Gasteiger partial charge in [0.15, 0.2) is 0 Å². The first-order valence-corrected chi connectivity index (χ1v) is 13.3. The largest absolute Gasteiger partial charge is 0.372 e. The Labute approximate surface area is 213 Å². The average molecular weight is 492 g/mol. The third kappa shape index (κ3) is 6.67. The van der Waals surface area contributed by atoms with Gasteiger partial charge in [-0.3, -0.25) is 9.69 Å². The molecule has 0 amide bonds. The smallest absolute Gasteiger partial charge is 0.146 e. The maximum Gasteiger partial charge on any atom is 0.146 e. The number of anilines is 2. The maximum atomic E-state index is 11.9. The molecular weight excluding hydrogens is 446 g/mol. The second kappa shape index (κ2) is 11.6. The first kappa shape index (κ1) is 27.3. The van der Waals surface area contributed by atoms with Crippen molar-refractivity contribution in [2.75, 3.05) is 55.6 Å². The molecule has 2 heterocycles. The first-order valence-electron chi connectivity index (χ1n) is 13.3. The number of carbonyl (C=O) groups is 1. The number of ether oxygens (including phenoxy) is 1. The molecule has 2 atom stereocenters. The monoisotopic (exact) mass is 491 g/mol. The standard InChI is InChI=1S/C28H45N3O2.ClH/c1-6-25(32)20-29-13-15-30(16-14-29)27-8-7-24(31-18-21(2)33-22(3)19-31)17-26(27)23-9-11-28(4,5)12-10-23;/h7-8,17,21-23H,6,9-16,18-20H2,1-5H3;1H. The molecule has 5 nitrogen and oxygen atoms in total. The molecule has 1 aliphatic carbocycles. The lowest BCUT2D eigenvalue weighted by Gasteiger charge is -2.41. The van der Waals surface area contributed by atoms with Crippen molar-refractivity contribution in [3.05, 3.63) is 23.8 Å². The second-order valence-corrected chi connectivity index (χ2v) is 11.5. The SMILES string of the molecule is CCC(=O)CN1CCN(c2ccc(N3CC(C)OC(C)C3)cc2C2CCC(C)(C)CC2)CC1.Cl. The molecule has 0 N–H and O–H groups in total. The van der Waals surface area contributed by atoms with Crippen molar-refractivity contribution in [3.8, 4) is 0 Å². The van der Waals surface area contributed by atoms with E-state index in [2.05, 4.69) is 60.6 Å². The number of benzene rings is 1. The van der Waals surface area contributed by atoms with Gasteiger partial charge in [0.1, 0.15) is 5.78 Å². The van der Waals surface area contributed by atoms with Crippen molar-refractivity contribution in [2.24, 2.45) is 5.41 Å². The van der Waals surface area contributed by atoms with E-state index in [4.69, 9.17) is 4.74 Å². The number of morpholine rings is 1. The molecule has 1 aromatic carbocycles. The molecule has 0 radical (unpaired) electrons. The highest BCUT2D eigenvalue weighted by molar-refractivity contribution is 5.85. The normalized spacial score (nSPS) is 26.3. The fraction of sp³-hybridized carbons (Fsp3) is 0.750. The van der Waals surface area contributed by atoms with Crippen LogP contribution in [0.3, 0.4) is 0 Å². The predicted molar refractivity (Wildman–Crippen MR) is 145 cm³/mol. The Kier molecular flexibility index (Phi) is 9.33. The predicted octanol–water partition coefficient (Wildman–Crippen LogP) is 5.51. The fourth-order valence-electron chi connectivity index (χ4n) is 5.96. The summed E-state index contributed by atoms with van der Waals surface area (Å²) in [6.45, 7) is 17.7. The number of hydrogen-bond donors (Lipinski definition) is 0. The summed E-state index contributed by atoms with van der Waals surface area (Å²) in [6.07, 6.45) is 6.36. The van der Waals surface area contributed by atoms with E-state index >= 15 is 0 Å². The van der Waals surface area contributed by atoms with Gasteiger partial charge in [0.25, 0.3) is 0 Å². The third-order valence-electron chi connectivity index (χ3n) is 8.08. The summed E-state index contributed by atoms with van der Waals surface area (Å²) in [5.41, 5.74) is 4.81. The second-order valence-electron chi connectivity index (χ2n) is 11.5. The Morgan fingerprint density at radius 2 is 1.62 bits per heavy atom. The van der Waals surface area contributed by atoms with Gasteiger partial charge < -0.3 is 14.5 Å². The topological polar surface area (TPSA) is 36.0 Å². The minimum atomic E-state index is 0. The molecule has 6 heteroatoms. The van der Waals surface area contributed by atoms with Crippen molar-refractivity contribution in [1.82, 2.24) is 4.90 Å². The molecule has 1 saturated carbocycles. The summed E-state index contributed by atoms with van der Waals surface area (Å²) >= 11 is 0. The van der Waals surface area contributed by atoms with Crippen LogP contribution in [0.1, 0.15) is 78.2 Å². The number of carbonyl (C=O) groups excluding carboxylic acids is 1. The van der Waals surface area contributed by atoms with Gasteiger partial charge in [0.05, 0.1) is 18.8 Å². The Balaban J connectivity index is 0.00000324. The molecule has 192 valence electrons. The van der Waals surface area contributed by atoms with Crippen LogP contribution in [0.25, 0.3) is 0 Å². The van der Waals surface area contributed by atoms with Crippen LogP contribution in [0.2, 0.25) is 0 Å². The van der Waals surface area contributed by atoms with E-state index in [9.17, 15) is 4.79 Å². The van der Waals surface area contributed by atoms with E-state index in [1.54, 1.807) is 5.56 Å². The molecule has 3 fully saturated rings. The zero-order valence-corrected chi connectivity index (χ0v) is 22.8. The van der Waals surface area contributed by atoms with Crippen LogP contribution < -0.4 is 9.80 Å². The molecule has 1 aromatic rings. The van der Waals surface area contributed by atoms with E-state index < -0.39 is 0 Å². The van der Waals surface area contributed by atoms with Crippen LogP contribution in [-0.4, -0.2) is 68.7 Å². The number of ketones is 1. The molecule has 0 spiro atoms. The van der Waals surface area contributed by atoms with Crippen LogP contribution in [0.5, 0.6) is 0 Å². The molecule has 0 bridgehead atoms. The number of Topliss-reactive ketones (excluding diaryl/α,β-unsaturated/α-hetero) is 1. The number of piperazine rings is 1. The van der Waals surface area contributed by atoms with Gasteiger partial charge in [-0.15, -0.1) is 12.4 Å². The quantitative estimate of drug-likeness (QED) is 0.524. The lowest BCUT2D eigenvalue weighted by Crippen LogP contribution is -2.48.